The maximum absolute atomic E-state index is 12.1. The molecule has 0 aromatic carbocycles. The van der Waals surface area contributed by atoms with E-state index in [2.05, 4.69) is 25.4 Å². The third kappa shape index (κ3) is 4.76. The summed E-state index contributed by atoms with van der Waals surface area (Å²) in [5.74, 6) is -0.277. The van der Waals surface area contributed by atoms with Crippen LogP contribution in [-0.4, -0.2) is 28.4 Å². The van der Waals surface area contributed by atoms with Gasteiger partial charge in [0.05, 0.1) is 10.9 Å². The fourth-order valence-corrected chi connectivity index (χ4v) is 3.15. The number of carbonyl (C=O) groups is 1. The number of carbonyl (C=O) groups excluding carboxylic acids is 1. The van der Waals surface area contributed by atoms with E-state index in [1.54, 1.807) is 0 Å². The third-order valence-electron chi connectivity index (χ3n) is 3.56. The van der Waals surface area contributed by atoms with Crippen LogP contribution in [-0.2, 0) is 4.79 Å². The van der Waals surface area contributed by atoms with Gasteiger partial charge in [0, 0.05) is 11.3 Å². The Kier molecular flexibility index (Phi) is 7.87. The van der Waals surface area contributed by atoms with E-state index in [1.165, 1.54) is 0 Å². The summed E-state index contributed by atoms with van der Waals surface area (Å²) in [6.45, 7) is 8.90. The lowest BCUT2D eigenvalue weighted by Crippen LogP contribution is -2.46. The van der Waals surface area contributed by atoms with Crippen LogP contribution >= 0.6 is 24.0 Å². The molecular formula is C13H26N2OS2. The van der Waals surface area contributed by atoms with Crippen molar-refractivity contribution in [3.05, 3.63) is 0 Å². The molecule has 1 unspecified atom stereocenters. The summed E-state index contributed by atoms with van der Waals surface area (Å²) >= 11 is 6.78. The fourth-order valence-electron chi connectivity index (χ4n) is 1.98. The van der Waals surface area contributed by atoms with Gasteiger partial charge in [-0.3, -0.25) is 4.79 Å². The first-order chi connectivity index (χ1) is 8.33. The number of hydrogen-bond acceptors (Lipinski definition) is 3. The van der Waals surface area contributed by atoms with E-state index in [1.807, 2.05) is 25.6 Å². The molecule has 0 fully saturated rings. The Morgan fingerprint density at radius 1 is 1.39 bits per heavy atom. The normalized spacial score (nSPS) is 13.4. The second-order valence-corrected chi connectivity index (χ2v) is 6.68. The second kappa shape index (κ2) is 8.00. The van der Waals surface area contributed by atoms with Gasteiger partial charge in [0.2, 0.25) is 5.91 Å². The molecule has 0 saturated carbocycles. The van der Waals surface area contributed by atoms with Crippen LogP contribution in [0.5, 0.6) is 0 Å². The Balaban J connectivity index is 4.61. The number of thiocarbonyl (C=S) groups is 1. The largest absolute Gasteiger partial charge is 0.393 e. The molecule has 0 aliphatic carbocycles. The van der Waals surface area contributed by atoms with Crippen molar-refractivity contribution in [3.63, 3.8) is 0 Å². The highest BCUT2D eigenvalue weighted by molar-refractivity contribution is 8.00. The highest BCUT2D eigenvalue weighted by Crippen LogP contribution is 2.29. The molecule has 0 bridgehead atoms. The van der Waals surface area contributed by atoms with Crippen LogP contribution < -0.4 is 11.1 Å². The van der Waals surface area contributed by atoms with E-state index in [4.69, 9.17) is 18.0 Å². The molecule has 18 heavy (non-hydrogen) atoms. The molecule has 0 heterocycles. The Bertz CT molecular complexity index is 280. The summed E-state index contributed by atoms with van der Waals surface area (Å²) in [7, 11) is 0. The number of nitrogens with one attached hydrogen (secondary N) is 1. The van der Waals surface area contributed by atoms with Gasteiger partial charge in [-0.25, -0.2) is 0 Å². The molecule has 0 aromatic rings. The summed E-state index contributed by atoms with van der Waals surface area (Å²) in [6.07, 6.45) is 4.15. The van der Waals surface area contributed by atoms with Gasteiger partial charge in [-0.05, 0) is 25.0 Å². The fraction of sp³-hybridized carbons (Fsp3) is 0.846. The summed E-state index contributed by atoms with van der Waals surface area (Å²) in [6, 6.07) is 0. The van der Waals surface area contributed by atoms with E-state index in [0.717, 1.165) is 12.8 Å². The van der Waals surface area contributed by atoms with E-state index in [-0.39, 0.29) is 27.5 Å². The minimum absolute atomic E-state index is 0.0437. The molecule has 0 aliphatic heterocycles. The summed E-state index contributed by atoms with van der Waals surface area (Å²) in [5.41, 5.74) is 5.64. The molecule has 106 valence electrons. The highest BCUT2D eigenvalue weighted by atomic mass is 32.2. The molecule has 1 amide bonds. The van der Waals surface area contributed by atoms with Crippen LogP contribution in [0.25, 0.3) is 0 Å². The van der Waals surface area contributed by atoms with Crippen molar-refractivity contribution in [3.8, 4) is 0 Å². The van der Waals surface area contributed by atoms with Crippen molar-refractivity contribution in [2.24, 2.45) is 17.6 Å². The van der Waals surface area contributed by atoms with Crippen molar-refractivity contribution in [2.45, 2.75) is 45.3 Å². The van der Waals surface area contributed by atoms with Crippen molar-refractivity contribution in [1.29, 1.82) is 0 Å². The third-order valence-corrected chi connectivity index (χ3v) is 5.40. The summed E-state index contributed by atoms with van der Waals surface area (Å²) in [5, 5.41) is 3.01. The maximum atomic E-state index is 12.1. The lowest BCUT2D eigenvalue weighted by atomic mass is 9.94. The van der Waals surface area contributed by atoms with Gasteiger partial charge in [-0.2, -0.15) is 11.8 Å². The quantitative estimate of drug-likeness (QED) is 0.675. The van der Waals surface area contributed by atoms with Crippen LogP contribution in [0.4, 0.5) is 0 Å². The van der Waals surface area contributed by atoms with Gasteiger partial charge in [0.15, 0.2) is 0 Å². The van der Waals surface area contributed by atoms with Gasteiger partial charge in [0.1, 0.15) is 0 Å². The molecule has 5 heteroatoms. The smallest absolute Gasteiger partial charge is 0.230 e. The van der Waals surface area contributed by atoms with Crippen LogP contribution in [0.15, 0.2) is 0 Å². The van der Waals surface area contributed by atoms with E-state index < -0.39 is 0 Å². The van der Waals surface area contributed by atoms with Crippen molar-refractivity contribution >= 4 is 34.9 Å². The predicted octanol–water partition coefficient (Wildman–Crippen LogP) is 2.58. The van der Waals surface area contributed by atoms with Crippen molar-refractivity contribution in [1.82, 2.24) is 5.32 Å². The number of nitrogens with two attached hydrogens (primary N) is 1. The number of hydrogen-bond donors (Lipinski definition) is 2. The average molecular weight is 290 g/mol. The molecule has 0 saturated heterocycles. The minimum Gasteiger partial charge on any atom is -0.393 e. The monoisotopic (exact) mass is 290 g/mol. The SMILES string of the molecule is CCC(CC)(CNC(=O)C(C(N)=S)C(C)C)SC. The lowest BCUT2D eigenvalue weighted by molar-refractivity contribution is -0.124. The molecule has 0 radical (unpaired) electrons. The first kappa shape index (κ1) is 17.7. The van der Waals surface area contributed by atoms with Gasteiger partial charge < -0.3 is 11.1 Å². The van der Waals surface area contributed by atoms with Crippen LogP contribution in [0.1, 0.15) is 40.5 Å². The predicted molar refractivity (Wildman–Crippen MR) is 85.0 cm³/mol. The lowest BCUT2D eigenvalue weighted by Gasteiger charge is -2.31. The zero-order valence-corrected chi connectivity index (χ0v) is 13.7. The van der Waals surface area contributed by atoms with Crippen LogP contribution in [0.3, 0.4) is 0 Å². The highest BCUT2D eigenvalue weighted by Gasteiger charge is 2.29. The standard InChI is InChI=1S/C13H26N2OS2/c1-6-13(7-2,18-5)8-15-12(16)10(9(3)4)11(14)17/h9-10H,6-8H2,1-5H3,(H2,14,17)(H,15,16). The Morgan fingerprint density at radius 3 is 2.17 bits per heavy atom. The van der Waals surface area contributed by atoms with Crippen molar-refractivity contribution < 1.29 is 4.79 Å². The van der Waals surface area contributed by atoms with E-state index >= 15 is 0 Å². The molecular weight excluding hydrogens is 264 g/mol. The Labute approximate surface area is 121 Å². The molecule has 1 atom stereocenters. The molecule has 0 rings (SSSR count). The van der Waals surface area contributed by atoms with Crippen LogP contribution in [0, 0.1) is 11.8 Å². The number of thioether (sulfide) groups is 1. The van der Waals surface area contributed by atoms with Gasteiger partial charge >= 0.3 is 0 Å². The van der Waals surface area contributed by atoms with Gasteiger partial charge in [-0.1, -0.05) is 39.9 Å². The zero-order valence-electron chi connectivity index (χ0n) is 12.1. The number of rotatable bonds is 8. The Hall–Kier alpha value is -0.290. The van der Waals surface area contributed by atoms with Crippen LogP contribution in [0.2, 0.25) is 0 Å². The second-order valence-electron chi connectivity index (χ2n) is 4.94. The van der Waals surface area contributed by atoms with E-state index in [9.17, 15) is 4.79 Å². The molecule has 0 spiro atoms. The molecule has 0 aliphatic rings. The number of amides is 1. The summed E-state index contributed by atoms with van der Waals surface area (Å²) in [4.78, 5) is 12.4. The molecule has 3 nitrogen and oxygen atoms in total. The average Bonchev–Trinajstić information content (AvgIpc) is 2.30. The zero-order chi connectivity index (χ0) is 14.3. The van der Waals surface area contributed by atoms with Crippen molar-refractivity contribution in [2.75, 3.05) is 12.8 Å². The van der Waals surface area contributed by atoms with E-state index in [0.29, 0.717) is 6.54 Å². The molecule has 0 aromatic heterocycles. The van der Waals surface area contributed by atoms with Gasteiger partial charge in [-0.15, -0.1) is 0 Å². The topological polar surface area (TPSA) is 55.1 Å². The molecule has 3 N–H and O–H groups in total. The minimum atomic E-state index is -0.367. The van der Waals surface area contributed by atoms with Gasteiger partial charge in [0.25, 0.3) is 0 Å². The Morgan fingerprint density at radius 2 is 1.89 bits per heavy atom. The first-order valence-corrected chi connectivity index (χ1v) is 8.09. The first-order valence-electron chi connectivity index (χ1n) is 6.45. The summed E-state index contributed by atoms with van der Waals surface area (Å²) < 4.78 is 0.118. The maximum Gasteiger partial charge on any atom is 0.230 e.